The van der Waals surface area contributed by atoms with Crippen molar-refractivity contribution in [1.82, 2.24) is 5.32 Å². The summed E-state index contributed by atoms with van der Waals surface area (Å²) in [5.74, 6) is -0.280. The molecule has 0 radical (unpaired) electrons. The molecule has 1 amide bonds. The lowest BCUT2D eigenvalue weighted by molar-refractivity contribution is -0.196. The summed E-state index contributed by atoms with van der Waals surface area (Å²) in [6.45, 7) is 1.56. The predicted molar refractivity (Wildman–Crippen MR) is 46.2 cm³/mol. The van der Waals surface area contributed by atoms with E-state index in [1.54, 1.807) is 6.92 Å². The van der Waals surface area contributed by atoms with Crippen LogP contribution in [0.1, 0.15) is 13.3 Å². The van der Waals surface area contributed by atoms with Crippen LogP contribution in [0.25, 0.3) is 0 Å². The van der Waals surface area contributed by atoms with E-state index in [2.05, 4.69) is 5.32 Å². The summed E-state index contributed by atoms with van der Waals surface area (Å²) in [5.41, 5.74) is 0. The molecule has 0 aromatic carbocycles. The van der Waals surface area contributed by atoms with Gasteiger partial charge in [-0.3, -0.25) is 4.79 Å². The van der Waals surface area contributed by atoms with Crippen molar-refractivity contribution in [2.75, 3.05) is 6.61 Å². The molecule has 82 valence electrons. The van der Waals surface area contributed by atoms with Gasteiger partial charge in [-0.05, 0) is 0 Å². The second kappa shape index (κ2) is 4.70. The summed E-state index contributed by atoms with van der Waals surface area (Å²) >= 11 is 0. The summed E-state index contributed by atoms with van der Waals surface area (Å²) in [6.07, 6.45) is -4.37. The predicted octanol–water partition coefficient (Wildman–Crippen LogP) is -2.05. The molecule has 6 heteroatoms. The minimum Gasteiger partial charge on any atom is -0.388 e. The quantitative estimate of drug-likeness (QED) is 0.416. The van der Waals surface area contributed by atoms with Gasteiger partial charge in [-0.15, -0.1) is 0 Å². The van der Waals surface area contributed by atoms with E-state index >= 15 is 0 Å². The molecule has 4 N–H and O–H groups in total. The highest BCUT2D eigenvalue weighted by atomic mass is 16.5. The molecule has 14 heavy (non-hydrogen) atoms. The zero-order valence-corrected chi connectivity index (χ0v) is 7.88. The highest BCUT2D eigenvalue weighted by molar-refractivity contribution is 5.75. The number of hydrogen-bond acceptors (Lipinski definition) is 5. The molecule has 0 unspecified atom stereocenters. The van der Waals surface area contributed by atoms with Crippen LogP contribution in [0.5, 0.6) is 0 Å². The Balaban J connectivity index is 2.50. The molecular formula is C8H15NO5. The number of carbonyl (C=O) groups is 1. The third-order valence-corrected chi connectivity index (χ3v) is 2.13. The van der Waals surface area contributed by atoms with Crippen molar-refractivity contribution >= 4 is 5.91 Å². The van der Waals surface area contributed by atoms with Gasteiger partial charge >= 0.3 is 0 Å². The summed E-state index contributed by atoms with van der Waals surface area (Å²) in [6, 6.07) is 0. The smallest absolute Gasteiger partial charge is 0.221 e. The molecule has 1 fully saturated rings. The SMILES string of the molecule is CCC(=O)N[C@H]1OC[C@@H](O)[C@@H](O)[C@@H]1O. The van der Waals surface area contributed by atoms with Crippen LogP contribution in [-0.2, 0) is 9.53 Å². The fourth-order valence-electron chi connectivity index (χ4n) is 1.19. The molecule has 0 aliphatic carbocycles. The van der Waals surface area contributed by atoms with E-state index in [1.807, 2.05) is 0 Å². The summed E-state index contributed by atoms with van der Waals surface area (Å²) in [4.78, 5) is 11.0. The van der Waals surface area contributed by atoms with Gasteiger partial charge in [0.05, 0.1) is 6.61 Å². The van der Waals surface area contributed by atoms with Crippen molar-refractivity contribution in [3.8, 4) is 0 Å². The molecule has 4 atom stereocenters. The molecule has 0 spiro atoms. The maximum absolute atomic E-state index is 11.0. The maximum atomic E-state index is 11.0. The van der Waals surface area contributed by atoms with Crippen LogP contribution in [-0.4, -0.2) is 52.4 Å². The number of aliphatic hydroxyl groups is 3. The Kier molecular flexibility index (Phi) is 3.82. The molecule has 1 aliphatic rings. The Morgan fingerprint density at radius 3 is 2.64 bits per heavy atom. The molecule has 1 rings (SSSR count). The second-order valence-electron chi connectivity index (χ2n) is 3.22. The van der Waals surface area contributed by atoms with E-state index in [-0.39, 0.29) is 18.9 Å². The van der Waals surface area contributed by atoms with Crippen molar-refractivity contribution in [2.45, 2.75) is 37.9 Å². The Labute approximate surface area is 81.5 Å². The van der Waals surface area contributed by atoms with Crippen molar-refractivity contribution in [3.63, 3.8) is 0 Å². The van der Waals surface area contributed by atoms with E-state index < -0.39 is 24.5 Å². The van der Waals surface area contributed by atoms with Crippen LogP contribution in [0.4, 0.5) is 0 Å². The van der Waals surface area contributed by atoms with Gasteiger partial charge in [-0.2, -0.15) is 0 Å². The fraction of sp³-hybridized carbons (Fsp3) is 0.875. The number of carbonyl (C=O) groups excluding carboxylic acids is 1. The number of aliphatic hydroxyl groups excluding tert-OH is 3. The Hall–Kier alpha value is -0.690. The topological polar surface area (TPSA) is 99.0 Å². The third-order valence-electron chi connectivity index (χ3n) is 2.13. The molecule has 0 saturated carbocycles. The number of rotatable bonds is 2. The minimum absolute atomic E-state index is 0.104. The van der Waals surface area contributed by atoms with Crippen LogP contribution >= 0.6 is 0 Å². The lowest BCUT2D eigenvalue weighted by Gasteiger charge is -2.35. The van der Waals surface area contributed by atoms with Gasteiger partial charge in [0.15, 0.2) is 6.23 Å². The highest BCUT2D eigenvalue weighted by Crippen LogP contribution is 2.13. The normalized spacial score (nSPS) is 38.0. The van der Waals surface area contributed by atoms with Crippen LogP contribution < -0.4 is 5.32 Å². The summed E-state index contributed by atoms with van der Waals surface area (Å²) in [5, 5.41) is 30.2. The lowest BCUT2D eigenvalue weighted by atomic mass is 10.0. The van der Waals surface area contributed by atoms with Gasteiger partial charge in [0, 0.05) is 6.42 Å². The standard InChI is InChI=1S/C8H15NO5/c1-2-5(11)9-8-7(13)6(12)4(10)3-14-8/h4,6-8,10,12-13H,2-3H2,1H3,(H,9,11)/t4-,6-,7+,8+/m1/s1. The van der Waals surface area contributed by atoms with E-state index in [0.29, 0.717) is 0 Å². The summed E-state index contributed by atoms with van der Waals surface area (Å²) < 4.78 is 4.95. The van der Waals surface area contributed by atoms with E-state index in [9.17, 15) is 15.0 Å². The monoisotopic (exact) mass is 205 g/mol. The van der Waals surface area contributed by atoms with Crippen LogP contribution in [0.2, 0.25) is 0 Å². The van der Waals surface area contributed by atoms with Crippen molar-refractivity contribution in [1.29, 1.82) is 0 Å². The number of ether oxygens (including phenoxy) is 1. The van der Waals surface area contributed by atoms with Gasteiger partial charge < -0.3 is 25.4 Å². The average molecular weight is 205 g/mol. The molecule has 6 nitrogen and oxygen atoms in total. The molecule has 0 aromatic heterocycles. The van der Waals surface area contributed by atoms with Gasteiger partial charge in [0.25, 0.3) is 0 Å². The van der Waals surface area contributed by atoms with Gasteiger partial charge in [0.2, 0.25) is 5.91 Å². The Morgan fingerprint density at radius 1 is 1.43 bits per heavy atom. The Bertz CT molecular complexity index is 210. The average Bonchev–Trinajstić information content (AvgIpc) is 2.19. The first-order valence-electron chi connectivity index (χ1n) is 4.51. The van der Waals surface area contributed by atoms with Crippen LogP contribution in [0.3, 0.4) is 0 Å². The van der Waals surface area contributed by atoms with Gasteiger partial charge in [-0.25, -0.2) is 0 Å². The first-order chi connectivity index (χ1) is 6.56. The first kappa shape index (κ1) is 11.4. The number of hydrogen-bond donors (Lipinski definition) is 4. The van der Waals surface area contributed by atoms with E-state index in [4.69, 9.17) is 9.84 Å². The number of amides is 1. The fourth-order valence-corrected chi connectivity index (χ4v) is 1.19. The molecule has 0 aromatic rings. The summed E-state index contributed by atoms with van der Waals surface area (Å²) in [7, 11) is 0. The number of nitrogens with one attached hydrogen (secondary N) is 1. The lowest BCUT2D eigenvalue weighted by Crippen LogP contribution is -2.58. The van der Waals surface area contributed by atoms with Crippen molar-refractivity contribution < 1.29 is 24.9 Å². The van der Waals surface area contributed by atoms with Gasteiger partial charge in [-0.1, -0.05) is 6.92 Å². The molecular weight excluding hydrogens is 190 g/mol. The largest absolute Gasteiger partial charge is 0.388 e. The highest BCUT2D eigenvalue weighted by Gasteiger charge is 2.37. The zero-order valence-electron chi connectivity index (χ0n) is 7.88. The maximum Gasteiger partial charge on any atom is 0.221 e. The van der Waals surface area contributed by atoms with Crippen LogP contribution in [0, 0.1) is 0 Å². The molecule has 1 heterocycles. The first-order valence-corrected chi connectivity index (χ1v) is 4.51. The van der Waals surface area contributed by atoms with E-state index in [0.717, 1.165) is 0 Å². The van der Waals surface area contributed by atoms with Crippen LogP contribution in [0.15, 0.2) is 0 Å². The molecule has 1 saturated heterocycles. The van der Waals surface area contributed by atoms with Gasteiger partial charge in [0.1, 0.15) is 18.3 Å². The second-order valence-corrected chi connectivity index (χ2v) is 3.22. The minimum atomic E-state index is -1.30. The van der Waals surface area contributed by atoms with Crippen molar-refractivity contribution in [2.24, 2.45) is 0 Å². The zero-order chi connectivity index (χ0) is 10.7. The molecule has 1 aliphatic heterocycles. The Morgan fingerprint density at radius 2 is 2.07 bits per heavy atom. The van der Waals surface area contributed by atoms with Crippen molar-refractivity contribution in [3.05, 3.63) is 0 Å². The molecule has 0 bridgehead atoms. The van der Waals surface area contributed by atoms with E-state index in [1.165, 1.54) is 0 Å². The third kappa shape index (κ3) is 2.42.